The number of sulfonamides is 1. The van der Waals surface area contributed by atoms with Crippen LogP contribution in [0.3, 0.4) is 0 Å². The van der Waals surface area contributed by atoms with E-state index in [1.54, 1.807) is 19.5 Å². The third-order valence-electron chi connectivity index (χ3n) is 5.08. The summed E-state index contributed by atoms with van der Waals surface area (Å²) in [6.45, 7) is 1.51. The summed E-state index contributed by atoms with van der Waals surface area (Å²) in [6, 6.07) is 5.72. The number of amides is 1. The first-order valence-electron chi connectivity index (χ1n) is 11.0. The molecule has 1 aliphatic heterocycles. The van der Waals surface area contributed by atoms with E-state index < -0.39 is 15.9 Å². The maximum atomic E-state index is 13.1. The number of aromatic nitrogens is 2. The quantitative estimate of drug-likeness (QED) is 0.274. The minimum atomic E-state index is -3.72. The molecular formula is C22H25N5O6S3. The van der Waals surface area contributed by atoms with E-state index in [9.17, 15) is 13.2 Å². The van der Waals surface area contributed by atoms with Crippen molar-refractivity contribution in [2.75, 3.05) is 25.6 Å². The van der Waals surface area contributed by atoms with Crippen LogP contribution in [0.2, 0.25) is 0 Å². The monoisotopic (exact) mass is 551 g/mol. The maximum Gasteiger partial charge on any atom is 0.280 e. The molecule has 2 aromatic heterocycles. The van der Waals surface area contributed by atoms with Gasteiger partial charge in [-0.05, 0) is 25.0 Å². The van der Waals surface area contributed by atoms with Crippen molar-refractivity contribution in [1.82, 2.24) is 14.7 Å². The Balaban J connectivity index is 1.51. The van der Waals surface area contributed by atoms with Gasteiger partial charge in [-0.1, -0.05) is 28.6 Å². The van der Waals surface area contributed by atoms with Crippen LogP contribution < -0.4 is 10.0 Å². The molecule has 3 heterocycles. The minimum Gasteiger partial charge on any atom is -0.388 e. The van der Waals surface area contributed by atoms with Gasteiger partial charge >= 0.3 is 0 Å². The van der Waals surface area contributed by atoms with Gasteiger partial charge in [-0.15, -0.1) is 11.3 Å². The lowest BCUT2D eigenvalue weighted by Gasteiger charge is -2.23. The van der Waals surface area contributed by atoms with Gasteiger partial charge in [-0.2, -0.15) is 0 Å². The summed E-state index contributed by atoms with van der Waals surface area (Å²) in [6.07, 6.45) is 4.50. The second-order valence-electron chi connectivity index (χ2n) is 7.69. The van der Waals surface area contributed by atoms with Gasteiger partial charge in [-0.3, -0.25) is 10.1 Å². The fraction of sp³-hybridized carbons (Fsp3) is 0.364. The molecule has 0 spiro atoms. The normalized spacial score (nSPS) is 15.1. The number of hydrogen-bond donors (Lipinski definition) is 2. The maximum absolute atomic E-state index is 13.1. The number of nitrogens with zero attached hydrogens (tertiary/aromatic N) is 3. The number of benzene rings is 1. The summed E-state index contributed by atoms with van der Waals surface area (Å²) in [7, 11) is -2.15. The Kier molecular flexibility index (Phi) is 9.12. The molecule has 2 N–H and O–H groups in total. The van der Waals surface area contributed by atoms with Gasteiger partial charge in [0.1, 0.15) is 5.01 Å². The fourth-order valence-corrected chi connectivity index (χ4v) is 5.93. The Morgan fingerprint density at radius 3 is 2.67 bits per heavy atom. The van der Waals surface area contributed by atoms with E-state index in [-0.39, 0.29) is 23.3 Å². The molecule has 14 heteroatoms. The third kappa shape index (κ3) is 7.15. The summed E-state index contributed by atoms with van der Waals surface area (Å²) in [4.78, 5) is 27.7. The highest BCUT2D eigenvalue weighted by atomic mass is 32.2. The predicted octanol–water partition coefficient (Wildman–Crippen LogP) is 2.76. The molecule has 36 heavy (non-hydrogen) atoms. The van der Waals surface area contributed by atoms with Crippen molar-refractivity contribution in [2.24, 2.45) is 5.16 Å². The first-order chi connectivity index (χ1) is 17.4. The molecule has 1 saturated heterocycles. The number of methoxy groups -OCH3 is 1. The number of hydrogen-bond acceptors (Lipinski definition) is 11. The lowest BCUT2D eigenvalue weighted by atomic mass is 10.1. The van der Waals surface area contributed by atoms with Gasteiger partial charge < -0.3 is 14.3 Å². The number of oxime groups is 1. The molecule has 3 aromatic rings. The third-order valence-corrected chi connectivity index (χ3v) is 8.26. The van der Waals surface area contributed by atoms with Gasteiger partial charge in [0.15, 0.2) is 17.5 Å². The van der Waals surface area contributed by atoms with Gasteiger partial charge in [0.25, 0.3) is 5.91 Å². The van der Waals surface area contributed by atoms with Crippen molar-refractivity contribution in [1.29, 1.82) is 0 Å². The van der Waals surface area contributed by atoms with Crippen molar-refractivity contribution in [3.05, 3.63) is 57.5 Å². The molecule has 0 atom stereocenters. The molecule has 4 rings (SSSR count). The summed E-state index contributed by atoms with van der Waals surface area (Å²) in [5, 5.41) is 9.63. The van der Waals surface area contributed by atoms with E-state index in [0.29, 0.717) is 48.4 Å². The molecule has 0 radical (unpaired) electrons. The minimum absolute atomic E-state index is 0.0311. The van der Waals surface area contributed by atoms with Crippen molar-refractivity contribution in [3.63, 3.8) is 0 Å². The van der Waals surface area contributed by atoms with E-state index >= 15 is 0 Å². The lowest BCUT2D eigenvalue weighted by Crippen LogP contribution is -2.38. The molecule has 0 saturated carbocycles. The average Bonchev–Trinajstić information content (AvgIpc) is 3.55. The summed E-state index contributed by atoms with van der Waals surface area (Å²) in [5.74, 6) is -0.552. The Hall–Kier alpha value is -2.75. The number of nitrogens with one attached hydrogen (secondary N) is 2. The van der Waals surface area contributed by atoms with Gasteiger partial charge in [-0.25, -0.2) is 23.1 Å². The zero-order valence-corrected chi connectivity index (χ0v) is 21.8. The highest BCUT2D eigenvalue weighted by molar-refractivity contribution is 7.89. The second-order valence-corrected chi connectivity index (χ2v) is 11.5. The van der Waals surface area contributed by atoms with Gasteiger partial charge in [0.2, 0.25) is 10.0 Å². The number of carbonyl (C=O) groups is 1. The van der Waals surface area contributed by atoms with Crippen LogP contribution in [0.25, 0.3) is 0 Å². The first-order valence-corrected chi connectivity index (χ1v) is 14.2. The zero-order valence-electron chi connectivity index (χ0n) is 19.4. The zero-order chi connectivity index (χ0) is 25.4. The molecular weight excluding hydrogens is 526 g/mol. The smallest absolute Gasteiger partial charge is 0.280 e. The van der Waals surface area contributed by atoms with E-state index in [2.05, 4.69) is 25.2 Å². The Bertz CT molecular complexity index is 1270. The van der Waals surface area contributed by atoms with Crippen LogP contribution in [0.4, 0.5) is 5.13 Å². The number of anilines is 1. The van der Waals surface area contributed by atoms with Crippen molar-refractivity contribution >= 4 is 49.4 Å². The fourth-order valence-electron chi connectivity index (χ4n) is 3.33. The Morgan fingerprint density at radius 2 is 1.97 bits per heavy atom. The van der Waals surface area contributed by atoms with Crippen LogP contribution in [0.5, 0.6) is 0 Å². The lowest BCUT2D eigenvalue weighted by molar-refractivity contribution is -0.110. The average molecular weight is 552 g/mol. The molecule has 0 unspecified atom stereocenters. The molecule has 1 fully saturated rings. The summed E-state index contributed by atoms with van der Waals surface area (Å²) >= 11 is 2.67. The predicted molar refractivity (Wildman–Crippen MR) is 136 cm³/mol. The Labute approximate surface area is 216 Å². The molecule has 0 aliphatic carbocycles. The number of rotatable bonds is 11. The van der Waals surface area contributed by atoms with Gasteiger partial charge in [0.05, 0.1) is 16.4 Å². The van der Waals surface area contributed by atoms with Crippen molar-refractivity contribution in [2.45, 2.75) is 37.0 Å². The second kappa shape index (κ2) is 12.5. The number of thiazole rings is 2. The van der Waals surface area contributed by atoms with Crippen LogP contribution >= 0.6 is 22.7 Å². The SMILES string of the molecule is COCc1cnc(NC(=O)/C(=N/OCc2nccs2)c2ccc(S(=O)(=O)NC3CCOCC3)cc2)s1. The number of ether oxygens (including phenoxy) is 2. The van der Waals surface area contributed by atoms with Crippen molar-refractivity contribution in [3.8, 4) is 0 Å². The molecule has 1 amide bonds. The summed E-state index contributed by atoms with van der Waals surface area (Å²) in [5.41, 5.74) is 0.349. The molecule has 0 bridgehead atoms. The van der Waals surface area contributed by atoms with E-state index in [0.717, 1.165) is 4.88 Å². The number of carbonyl (C=O) groups excluding carboxylic acids is 1. The first kappa shape index (κ1) is 26.3. The van der Waals surface area contributed by atoms with E-state index in [1.807, 2.05) is 5.38 Å². The standard InChI is InChI=1S/C22H25N5O6S3/c1-31-13-17-12-24-22(35-17)25-21(28)20(26-33-14-19-23-8-11-34-19)15-2-4-18(5-3-15)36(29,30)27-16-6-9-32-10-7-16/h2-5,8,11-12,16,27H,6-7,9-10,13-14H2,1H3,(H,24,25,28)/b26-20+. The largest absolute Gasteiger partial charge is 0.388 e. The van der Waals surface area contributed by atoms with Crippen LogP contribution in [0.15, 0.2) is 52.1 Å². The molecule has 1 aliphatic rings. The van der Waals surface area contributed by atoms with Crippen LogP contribution in [-0.2, 0) is 42.3 Å². The van der Waals surface area contributed by atoms with Crippen LogP contribution in [-0.4, -0.2) is 56.4 Å². The van der Waals surface area contributed by atoms with E-state index in [1.165, 1.54) is 46.9 Å². The van der Waals surface area contributed by atoms with Crippen molar-refractivity contribution < 1.29 is 27.5 Å². The van der Waals surface area contributed by atoms with Gasteiger partial charge in [0, 0.05) is 49.7 Å². The van der Waals surface area contributed by atoms with Crippen LogP contribution in [0.1, 0.15) is 28.3 Å². The topological polar surface area (TPSA) is 141 Å². The molecule has 11 nitrogen and oxygen atoms in total. The van der Waals surface area contributed by atoms with E-state index in [4.69, 9.17) is 14.3 Å². The molecule has 192 valence electrons. The molecule has 1 aromatic carbocycles. The highest BCUT2D eigenvalue weighted by Crippen LogP contribution is 2.20. The Morgan fingerprint density at radius 1 is 1.19 bits per heavy atom. The van der Waals surface area contributed by atoms with Crippen LogP contribution in [0, 0.1) is 0 Å². The summed E-state index contributed by atoms with van der Waals surface area (Å²) < 4.78 is 38.7. The highest BCUT2D eigenvalue weighted by Gasteiger charge is 2.23.